The number of hydrogen-bond donors (Lipinski definition) is 1. The lowest BCUT2D eigenvalue weighted by Gasteiger charge is -2.08. The van der Waals surface area contributed by atoms with Gasteiger partial charge in [0.1, 0.15) is 5.92 Å². The molecule has 0 radical (unpaired) electrons. The molecule has 1 aliphatic rings. The molecule has 21 heavy (non-hydrogen) atoms. The molecule has 0 fully saturated rings. The number of ether oxygens (including phenoxy) is 1. The number of rotatable bonds is 6. The first-order chi connectivity index (χ1) is 10.3. The molecular weight excluding hydrogens is 288 g/mol. The average molecular weight is 306 g/mol. The Bertz CT molecular complexity index is 609. The Balaban J connectivity index is 1.59. The van der Waals surface area contributed by atoms with Crippen LogP contribution in [0.25, 0.3) is 0 Å². The summed E-state index contributed by atoms with van der Waals surface area (Å²) in [5.41, 5.74) is 0.906. The summed E-state index contributed by atoms with van der Waals surface area (Å²) in [5, 5.41) is 4.19. The van der Waals surface area contributed by atoms with Gasteiger partial charge in [-0.25, -0.2) is 9.97 Å². The number of hydrogen-bond acceptors (Lipinski definition) is 6. The Morgan fingerprint density at radius 1 is 1.62 bits per heavy atom. The molecule has 6 nitrogen and oxygen atoms in total. The lowest BCUT2D eigenvalue weighted by atomic mass is 10.1. The van der Waals surface area contributed by atoms with Crippen molar-refractivity contribution < 1.29 is 9.53 Å². The van der Waals surface area contributed by atoms with Crippen LogP contribution in [0.1, 0.15) is 29.8 Å². The van der Waals surface area contributed by atoms with Gasteiger partial charge in [-0.1, -0.05) is 0 Å². The molecule has 3 rings (SSSR count). The second-order valence-corrected chi connectivity index (χ2v) is 5.98. The number of thiazole rings is 1. The highest BCUT2D eigenvalue weighted by Crippen LogP contribution is 2.38. The molecule has 1 N–H and O–H groups in total. The molecule has 1 unspecified atom stereocenters. The number of carbonyl (C=O) groups excluding carboxylic acids is 1. The van der Waals surface area contributed by atoms with Crippen LogP contribution in [0.15, 0.2) is 18.7 Å². The predicted octanol–water partition coefficient (Wildman–Crippen LogP) is 2.04. The normalized spacial score (nSPS) is 16.7. The van der Waals surface area contributed by atoms with E-state index in [4.69, 9.17) is 4.74 Å². The van der Waals surface area contributed by atoms with Crippen LogP contribution in [0.3, 0.4) is 0 Å². The van der Waals surface area contributed by atoms with E-state index in [2.05, 4.69) is 15.3 Å². The monoisotopic (exact) mass is 306 g/mol. The zero-order chi connectivity index (χ0) is 14.7. The number of aryl methyl sites for hydroxylation is 1. The zero-order valence-corrected chi connectivity index (χ0v) is 12.7. The molecule has 1 atom stereocenters. The number of nitrogens with one attached hydrogen (secondary N) is 1. The fraction of sp³-hybridized carbons (Fsp3) is 0.500. The number of aromatic nitrogens is 3. The number of carbonyl (C=O) groups is 1. The second kappa shape index (κ2) is 6.26. The lowest BCUT2D eigenvalue weighted by molar-refractivity contribution is -0.145. The molecule has 112 valence electrons. The van der Waals surface area contributed by atoms with E-state index in [9.17, 15) is 4.79 Å². The highest BCUT2D eigenvalue weighted by molar-refractivity contribution is 7.15. The van der Waals surface area contributed by atoms with E-state index in [1.54, 1.807) is 23.9 Å². The van der Waals surface area contributed by atoms with Gasteiger partial charge in [0.2, 0.25) is 0 Å². The molecule has 2 aromatic rings. The molecule has 0 aromatic carbocycles. The van der Waals surface area contributed by atoms with E-state index in [0.717, 1.165) is 36.8 Å². The molecule has 0 saturated heterocycles. The summed E-state index contributed by atoms with van der Waals surface area (Å²) in [7, 11) is 0. The predicted molar refractivity (Wildman–Crippen MR) is 80.5 cm³/mol. The SMILES string of the molecule is CCOC(=O)C1CCc2sc(NCCn3ccnc3)nc21. The van der Waals surface area contributed by atoms with Crippen LogP contribution >= 0.6 is 11.3 Å². The maximum atomic E-state index is 11.9. The third kappa shape index (κ3) is 3.07. The first kappa shape index (κ1) is 14.1. The quantitative estimate of drug-likeness (QED) is 0.827. The van der Waals surface area contributed by atoms with Gasteiger partial charge >= 0.3 is 5.97 Å². The summed E-state index contributed by atoms with van der Waals surface area (Å²) in [5.74, 6) is -0.327. The standard InChI is InChI=1S/C14H18N4O2S/c1-2-20-13(19)10-3-4-11-12(10)17-14(21-11)16-6-8-18-7-5-15-9-18/h5,7,9-10H,2-4,6,8H2,1H3,(H,16,17). The van der Waals surface area contributed by atoms with E-state index in [1.807, 2.05) is 17.7 Å². The topological polar surface area (TPSA) is 69.0 Å². The van der Waals surface area contributed by atoms with E-state index >= 15 is 0 Å². The highest BCUT2D eigenvalue weighted by Gasteiger charge is 2.33. The molecule has 2 heterocycles. The molecule has 0 spiro atoms. The van der Waals surface area contributed by atoms with Crippen molar-refractivity contribution in [2.24, 2.45) is 0 Å². The smallest absolute Gasteiger partial charge is 0.315 e. The summed E-state index contributed by atoms with van der Waals surface area (Å²) in [4.78, 5) is 21.7. The molecule has 0 bridgehead atoms. The van der Waals surface area contributed by atoms with Gasteiger partial charge in [0.25, 0.3) is 0 Å². The van der Waals surface area contributed by atoms with Crippen molar-refractivity contribution in [3.05, 3.63) is 29.3 Å². The van der Waals surface area contributed by atoms with Gasteiger partial charge in [-0.3, -0.25) is 4.79 Å². The van der Waals surface area contributed by atoms with Gasteiger partial charge in [-0.05, 0) is 19.8 Å². The number of esters is 1. The van der Waals surface area contributed by atoms with Crippen molar-refractivity contribution >= 4 is 22.4 Å². The zero-order valence-electron chi connectivity index (χ0n) is 11.9. The minimum absolute atomic E-state index is 0.147. The third-order valence-electron chi connectivity index (χ3n) is 3.49. The van der Waals surface area contributed by atoms with E-state index in [1.165, 1.54) is 4.88 Å². The van der Waals surface area contributed by atoms with Crippen LogP contribution < -0.4 is 5.32 Å². The number of anilines is 1. The van der Waals surface area contributed by atoms with Gasteiger partial charge in [0.15, 0.2) is 5.13 Å². The van der Waals surface area contributed by atoms with E-state index in [0.29, 0.717) is 6.61 Å². The maximum absolute atomic E-state index is 11.9. The van der Waals surface area contributed by atoms with Crippen molar-refractivity contribution in [2.45, 2.75) is 32.2 Å². The number of imidazole rings is 1. The molecule has 1 aliphatic carbocycles. The largest absolute Gasteiger partial charge is 0.465 e. The Kier molecular flexibility index (Phi) is 4.19. The van der Waals surface area contributed by atoms with Crippen molar-refractivity contribution in [3.63, 3.8) is 0 Å². The molecule has 0 aliphatic heterocycles. The Labute approximate surface area is 127 Å². The van der Waals surface area contributed by atoms with Crippen molar-refractivity contribution in [2.75, 3.05) is 18.5 Å². The molecule has 0 amide bonds. The number of nitrogens with zero attached hydrogens (tertiary/aromatic N) is 3. The van der Waals surface area contributed by atoms with Crippen LogP contribution in [0.2, 0.25) is 0 Å². The minimum Gasteiger partial charge on any atom is -0.465 e. The first-order valence-corrected chi connectivity index (χ1v) is 7.95. The van der Waals surface area contributed by atoms with Crippen LogP contribution in [0.4, 0.5) is 5.13 Å². The summed E-state index contributed by atoms with van der Waals surface area (Å²) in [6.07, 6.45) is 7.23. The molecule has 2 aromatic heterocycles. The lowest BCUT2D eigenvalue weighted by Crippen LogP contribution is -2.14. The summed E-state index contributed by atoms with van der Waals surface area (Å²) in [6, 6.07) is 0. The van der Waals surface area contributed by atoms with Gasteiger partial charge < -0.3 is 14.6 Å². The Morgan fingerprint density at radius 3 is 3.29 bits per heavy atom. The van der Waals surface area contributed by atoms with E-state index in [-0.39, 0.29) is 11.9 Å². The molecule has 7 heteroatoms. The van der Waals surface area contributed by atoms with Crippen molar-refractivity contribution in [1.29, 1.82) is 0 Å². The average Bonchev–Trinajstić information content (AvgIpc) is 3.14. The van der Waals surface area contributed by atoms with Crippen LogP contribution in [0, 0.1) is 0 Å². The van der Waals surface area contributed by atoms with Gasteiger partial charge in [-0.15, -0.1) is 11.3 Å². The fourth-order valence-corrected chi connectivity index (χ4v) is 3.55. The minimum atomic E-state index is -0.180. The summed E-state index contributed by atoms with van der Waals surface area (Å²) >= 11 is 1.64. The Hall–Kier alpha value is -1.89. The fourth-order valence-electron chi connectivity index (χ4n) is 2.49. The van der Waals surface area contributed by atoms with E-state index < -0.39 is 0 Å². The molecule has 0 saturated carbocycles. The highest BCUT2D eigenvalue weighted by atomic mass is 32.1. The molecular formula is C14H18N4O2S. The van der Waals surface area contributed by atoms with Crippen LogP contribution in [-0.4, -0.2) is 33.7 Å². The summed E-state index contributed by atoms with van der Waals surface area (Å²) < 4.78 is 7.13. The van der Waals surface area contributed by atoms with Crippen molar-refractivity contribution in [1.82, 2.24) is 14.5 Å². The van der Waals surface area contributed by atoms with Crippen LogP contribution in [0.5, 0.6) is 0 Å². The first-order valence-electron chi connectivity index (χ1n) is 7.13. The maximum Gasteiger partial charge on any atom is 0.315 e. The Morgan fingerprint density at radius 2 is 2.52 bits per heavy atom. The van der Waals surface area contributed by atoms with Gasteiger partial charge in [-0.2, -0.15) is 0 Å². The summed E-state index contributed by atoms with van der Waals surface area (Å²) in [6.45, 7) is 3.88. The van der Waals surface area contributed by atoms with Crippen LogP contribution in [-0.2, 0) is 22.5 Å². The third-order valence-corrected chi connectivity index (χ3v) is 4.58. The van der Waals surface area contributed by atoms with Crippen molar-refractivity contribution in [3.8, 4) is 0 Å². The van der Waals surface area contributed by atoms with Gasteiger partial charge in [0, 0.05) is 30.4 Å². The van der Waals surface area contributed by atoms with Gasteiger partial charge in [0.05, 0.1) is 18.6 Å². The number of fused-ring (bicyclic) bond motifs is 1. The second-order valence-electron chi connectivity index (χ2n) is 4.90.